The fourth-order valence-electron chi connectivity index (χ4n) is 10.4. The molecule has 3 aromatic rings. The Labute approximate surface area is 415 Å². The van der Waals surface area contributed by atoms with E-state index in [1.807, 2.05) is 61.5 Å². The summed E-state index contributed by atoms with van der Waals surface area (Å²) < 4.78 is 9.84. The van der Waals surface area contributed by atoms with Crippen LogP contribution in [-0.2, 0) is 28.7 Å². The van der Waals surface area contributed by atoms with Gasteiger partial charge in [-0.1, -0.05) is 92.2 Å². The van der Waals surface area contributed by atoms with Gasteiger partial charge in [-0.15, -0.1) is 0 Å². The number of ether oxygens (including phenoxy) is 2. The fraction of sp³-hybridized carbons (Fsp3) is 0.458. The first-order valence-corrected chi connectivity index (χ1v) is 24.6. The van der Waals surface area contributed by atoms with Crippen LogP contribution in [0.4, 0.5) is 0 Å². The van der Waals surface area contributed by atoms with E-state index < -0.39 is 11.9 Å². The molecule has 0 unspecified atom stereocenters. The summed E-state index contributed by atoms with van der Waals surface area (Å²) in [6.07, 6.45) is 13.8. The molecule has 11 heteroatoms. The Kier molecular flexibility index (Phi) is 20.2. The molecule has 0 saturated carbocycles. The van der Waals surface area contributed by atoms with Crippen molar-refractivity contribution in [3.05, 3.63) is 140 Å². The second-order valence-electron chi connectivity index (χ2n) is 19.4. The number of aliphatic hydroxyl groups excluding tert-OH is 1. The molecule has 11 nitrogen and oxygen atoms in total. The molecule has 3 aromatic carbocycles. The van der Waals surface area contributed by atoms with Crippen LogP contribution < -0.4 is 0 Å². The Bertz CT molecular complexity index is 2510. The van der Waals surface area contributed by atoms with Gasteiger partial charge in [0, 0.05) is 34.4 Å². The molecule has 0 aliphatic heterocycles. The van der Waals surface area contributed by atoms with Crippen molar-refractivity contribution in [2.24, 2.45) is 17.8 Å². The van der Waals surface area contributed by atoms with E-state index in [0.29, 0.717) is 40.7 Å². The number of aliphatic hydroxyl groups is 1. The lowest BCUT2D eigenvalue weighted by atomic mass is 9.73. The maximum atomic E-state index is 12.4. The van der Waals surface area contributed by atoms with Gasteiger partial charge in [0.1, 0.15) is 52.2 Å². The third kappa shape index (κ3) is 13.0. The molecule has 6 atom stereocenters. The van der Waals surface area contributed by atoms with E-state index in [1.54, 1.807) is 18.2 Å². The maximum Gasteiger partial charge on any atom is 0.342 e. The van der Waals surface area contributed by atoms with Crippen molar-refractivity contribution in [1.82, 2.24) is 0 Å². The average molecular weight is 963 g/mol. The molecule has 0 bridgehead atoms. The highest BCUT2D eigenvalue weighted by molar-refractivity contribution is 5.96. The molecule has 0 radical (unpaired) electrons. The Balaban J connectivity index is 0.000000230. The third-order valence-electron chi connectivity index (χ3n) is 14.2. The number of aryl methyl sites for hydroxylation is 3. The van der Waals surface area contributed by atoms with Gasteiger partial charge in [-0.05, 0) is 158 Å². The topological polar surface area (TPSA) is 194 Å². The van der Waals surface area contributed by atoms with Crippen LogP contribution in [0.25, 0.3) is 0 Å². The Hall–Kier alpha value is -6.20. The predicted octanol–water partition coefficient (Wildman–Crippen LogP) is 13.0. The number of rotatable bonds is 13. The first-order valence-electron chi connectivity index (χ1n) is 24.6. The number of aromatic hydroxyl groups is 6. The number of phenolic OH excluding ortho intramolecular Hbond substituents is 6. The van der Waals surface area contributed by atoms with Crippen molar-refractivity contribution in [2.75, 3.05) is 20.3 Å². The highest BCUT2D eigenvalue weighted by atomic mass is 16.5. The zero-order valence-electron chi connectivity index (χ0n) is 43.2. The molecule has 0 heterocycles. The van der Waals surface area contributed by atoms with E-state index in [-0.39, 0.29) is 94.3 Å². The maximum absolute atomic E-state index is 12.4. The molecule has 0 amide bonds. The number of hydrogen-bond donors (Lipinski definition) is 7. The summed E-state index contributed by atoms with van der Waals surface area (Å²) in [4.78, 5) is 24.6. The van der Waals surface area contributed by atoms with Gasteiger partial charge in [-0.3, -0.25) is 0 Å². The summed E-state index contributed by atoms with van der Waals surface area (Å²) in [6.45, 7) is 29.6. The number of benzene rings is 3. The van der Waals surface area contributed by atoms with Gasteiger partial charge in [-0.25, -0.2) is 9.59 Å². The monoisotopic (exact) mass is 963 g/mol. The molecule has 0 spiro atoms. The van der Waals surface area contributed by atoms with Crippen LogP contribution in [0.3, 0.4) is 0 Å². The molecule has 6 rings (SSSR count). The summed E-state index contributed by atoms with van der Waals surface area (Å²) in [7, 11) is 1.29. The highest BCUT2D eigenvalue weighted by Gasteiger charge is 2.35. The number of carbonyl (C=O) groups excluding carboxylic acids is 2. The van der Waals surface area contributed by atoms with E-state index in [4.69, 9.17) is 14.6 Å². The third-order valence-corrected chi connectivity index (χ3v) is 14.2. The number of allylic oxidation sites excluding steroid dienone is 9. The SMILES string of the molecule is C=C(C)[C@H]1CCC(C)=C[C@@H]1c1c(O)cc(CC)c(C(=O)OC)c1O.C=C(C)[C@H]1CCC(C)=C[C@@H]1c1c(O)cc(CC)c(C(=O)OCCO)c1O.C=C(C)[C@H]1CCC(C)=C[C@@H]1c1c(O)cc(CC)cc1O. The molecule has 70 heavy (non-hydrogen) atoms. The zero-order valence-corrected chi connectivity index (χ0v) is 43.2. The summed E-state index contributed by atoms with van der Waals surface area (Å²) in [6, 6.07) is 6.62. The highest BCUT2D eigenvalue weighted by Crippen LogP contribution is 2.50. The standard InChI is InChI=1S/C21H28O5.C20H26O4.C18H24O2/c1-5-14-11-17(23)19(20(24)18(14)21(25)26-9-8-22)16-10-13(4)6-7-15(16)12(2)3;1-6-13-10-16(21)18(19(22)17(13)20(23)24-5)15-9-12(4)7-8-14(15)11(2)3;1-5-13-9-16(19)18(17(20)10-13)15-8-12(4)6-7-14(15)11(2)3/h10-11,15-16,22-24H,2,5-9H2,1,3-4H3;9-10,14-15,21-22H,2,6-8H2,1,3-5H3;8-10,14-15,19-20H,2,5-7H2,1,3-4H3/t15-,16+;2*14-,15+/m111/s1. The Morgan fingerprint density at radius 3 is 1.21 bits per heavy atom. The first kappa shape index (κ1) is 56.4. The summed E-state index contributed by atoms with van der Waals surface area (Å²) in [5.74, 6) is -1.29. The quantitative estimate of drug-likeness (QED) is 0.0636. The number of carbonyl (C=O) groups is 2. The van der Waals surface area contributed by atoms with Crippen LogP contribution >= 0.6 is 0 Å². The van der Waals surface area contributed by atoms with Crippen molar-refractivity contribution < 1.29 is 54.8 Å². The fourth-order valence-corrected chi connectivity index (χ4v) is 10.4. The van der Waals surface area contributed by atoms with Gasteiger partial charge in [0.15, 0.2) is 0 Å². The largest absolute Gasteiger partial charge is 0.507 e. The number of hydrogen-bond acceptors (Lipinski definition) is 11. The molecule has 3 aliphatic rings. The van der Waals surface area contributed by atoms with Crippen LogP contribution in [0.2, 0.25) is 0 Å². The summed E-state index contributed by atoms with van der Waals surface area (Å²) in [5, 5.41) is 72.4. The zero-order chi connectivity index (χ0) is 52.3. The molecular formula is C59H78O11. The van der Waals surface area contributed by atoms with Gasteiger partial charge in [0.05, 0.1) is 13.7 Å². The Morgan fingerprint density at radius 1 is 0.557 bits per heavy atom. The van der Waals surface area contributed by atoms with Crippen LogP contribution in [-0.4, -0.2) is 68.0 Å². The summed E-state index contributed by atoms with van der Waals surface area (Å²) in [5.41, 5.74) is 10.4. The minimum absolute atomic E-state index is 0.0132. The molecule has 0 fully saturated rings. The molecule has 3 aliphatic carbocycles. The normalized spacial score (nSPS) is 20.8. The van der Waals surface area contributed by atoms with Crippen LogP contribution in [0.15, 0.2) is 95.7 Å². The van der Waals surface area contributed by atoms with E-state index in [9.17, 15) is 40.2 Å². The molecule has 7 N–H and O–H groups in total. The van der Waals surface area contributed by atoms with Crippen molar-refractivity contribution >= 4 is 11.9 Å². The van der Waals surface area contributed by atoms with Crippen molar-refractivity contribution in [3.63, 3.8) is 0 Å². The van der Waals surface area contributed by atoms with Crippen molar-refractivity contribution in [1.29, 1.82) is 0 Å². The summed E-state index contributed by atoms with van der Waals surface area (Å²) >= 11 is 0. The minimum atomic E-state index is -0.696. The van der Waals surface area contributed by atoms with Gasteiger partial charge < -0.3 is 45.2 Å². The van der Waals surface area contributed by atoms with Gasteiger partial charge in [0.2, 0.25) is 0 Å². The second kappa shape index (κ2) is 25.1. The molecular weight excluding hydrogens is 885 g/mol. The second-order valence-corrected chi connectivity index (χ2v) is 19.4. The van der Waals surface area contributed by atoms with E-state index >= 15 is 0 Å². The van der Waals surface area contributed by atoms with Crippen molar-refractivity contribution in [3.8, 4) is 34.5 Å². The molecule has 0 aromatic heterocycles. The van der Waals surface area contributed by atoms with Gasteiger partial charge in [-0.2, -0.15) is 0 Å². The minimum Gasteiger partial charge on any atom is -0.507 e. The van der Waals surface area contributed by atoms with Crippen LogP contribution in [0, 0.1) is 17.8 Å². The van der Waals surface area contributed by atoms with Gasteiger partial charge >= 0.3 is 11.9 Å². The lowest BCUT2D eigenvalue weighted by molar-refractivity contribution is 0.0428. The van der Waals surface area contributed by atoms with E-state index in [2.05, 4.69) is 38.8 Å². The van der Waals surface area contributed by atoms with E-state index in [0.717, 1.165) is 67.2 Å². The predicted molar refractivity (Wildman–Crippen MR) is 278 cm³/mol. The number of esters is 2. The lowest BCUT2D eigenvalue weighted by Gasteiger charge is -2.32. The molecule has 0 saturated heterocycles. The smallest absolute Gasteiger partial charge is 0.342 e. The number of phenols is 6. The average Bonchev–Trinajstić information content (AvgIpc) is 3.30. The Morgan fingerprint density at radius 2 is 0.900 bits per heavy atom. The molecule has 380 valence electrons. The first-order chi connectivity index (χ1) is 33.1. The van der Waals surface area contributed by atoms with Gasteiger partial charge in [0.25, 0.3) is 0 Å². The lowest BCUT2D eigenvalue weighted by Crippen LogP contribution is -2.19. The van der Waals surface area contributed by atoms with Crippen molar-refractivity contribution in [2.45, 2.75) is 138 Å². The number of methoxy groups -OCH3 is 1. The van der Waals surface area contributed by atoms with E-state index in [1.165, 1.54) is 29.9 Å². The van der Waals surface area contributed by atoms with Crippen LogP contribution in [0.1, 0.15) is 173 Å². The van der Waals surface area contributed by atoms with Crippen LogP contribution in [0.5, 0.6) is 34.5 Å².